The highest BCUT2D eigenvalue weighted by Gasteiger charge is 2.20. The van der Waals surface area contributed by atoms with Gasteiger partial charge in [-0.05, 0) is 37.1 Å². The predicted molar refractivity (Wildman–Crippen MR) is 117 cm³/mol. The van der Waals surface area contributed by atoms with Crippen molar-refractivity contribution in [2.75, 3.05) is 23.8 Å². The number of rotatable bonds is 5. The highest BCUT2D eigenvalue weighted by atomic mass is 16.5. The summed E-state index contributed by atoms with van der Waals surface area (Å²) >= 11 is 0. The Labute approximate surface area is 178 Å². The van der Waals surface area contributed by atoms with Crippen LogP contribution < -0.4 is 10.6 Å². The van der Waals surface area contributed by atoms with Crippen molar-refractivity contribution in [3.63, 3.8) is 0 Å². The standard InChI is InChI=1S/C23H23N3O5/c1-14(27)26-13-18(17-4-2-3-5-21(17)26)22(28)25-20-12-15(23(29)30)6-7-19(20)24-16-8-10-31-11-9-16/h2-7,12-13,16,24H,8-11H2,1H3,(H,25,28)(H,29,30). The van der Waals surface area contributed by atoms with Crippen molar-refractivity contribution in [2.24, 2.45) is 0 Å². The van der Waals surface area contributed by atoms with Crippen LogP contribution in [0.15, 0.2) is 48.7 Å². The molecule has 0 bridgehead atoms. The Bertz CT molecular complexity index is 1160. The quantitative estimate of drug-likeness (QED) is 0.577. The van der Waals surface area contributed by atoms with E-state index in [1.807, 2.05) is 0 Å². The molecular weight excluding hydrogens is 398 g/mol. The molecule has 3 N–H and O–H groups in total. The maximum absolute atomic E-state index is 13.2. The number of amides is 1. The monoisotopic (exact) mass is 421 g/mol. The van der Waals surface area contributed by atoms with Gasteiger partial charge in [-0.2, -0.15) is 0 Å². The molecule has 4 rings (SSSR count). The summed E-state index contributed by atoms with van der Waals surface area (Å²) in [5.74, 6) is -1.71. The summed E-state index contributed by atoms with van der Waals surface area (Å²) in [5.41, 5.74) is 2.05. The smallest absolute Gasteiger partial charge is 0.335 e. The van der Waals surface area contributed by atoms with E-state index in [0.717, 1.165) is 12.8 Å². The first-order valence-corrected chi connectivity index (χ1v) is 10.1. The number of benzene rings is 2. The van der Waals surface area contributed by atoms with Gasteiger partial charge in [-0.25, -0.2) is 4.79 Å². The first-order chi connectivity index (χ1) is 14.9. The number of para-hydroxylation sites is 1. The molecule has 2 heterocycles. The Balaban J connectivity index is 1.68. The zero-order chi connectivity index (χ0) is 22.0. The number of ether oxygens (including phenoxy) is 1. The summed E-state index contributed by atoms with van der Waals surface area (Å²) in [4.78, 5) is 36.6. The fraction of sp³-hybridized carbons (Fsp3) is 0.261. The summed E-state index contributed by atoms with van der Waals surface area (Å²) in [6.07, 6.45) is 3.15. The van der Waals surface area contributed by atoms with Crippen LogP contribution in [0.3, 0.4) is 0 Å². The number of aromatic nitrogens is 1. The highest BCUT2D eigenvalue weighted by molar-refractivity contribution is 6.15. The lowest BCUT2D eigenvalue weighted by Crippen LogP contribution is -2.28. The zero-order valence-electron chi connectivity index (χ0n) is 17.1. The number of nitrogens with one attached hydrogen (secondary N) is 2. The van der Waals surface area contributed by atoms with Gasteiger partial charge < -0.3 is 20.5 Å². The van der Waals surface area contributed by atoms with Crippen molar-refractivity contribution in [3.05, 3.63) is 59.8 Å². The SMILES string of the molecule is CC(=O)n1cc(C(=O)Nc2cc(C(=O)O)ccc2NC2CCOCC2)c2ccccc21. The Morgan fingerprint density at radius 2 is 1.81 bits per heavy atom. The third-order valence-electron chi connectivity index (χ3n) is 5.39. The molecule has 1 amide bonds. The van der Waals surface area contributed by atoms with Gasteiger partial charge in [0.1, 0.15) is 0 Å². The minimum atomic E-state index is -1.08. The van der Waals surface area contributed by atoms with Crippen molar-refractivity contribution in [1.29, 1.82) is 0 Å². The number of hydrogen-bond donors (Lipinski definition) is 3. The van der Waals surface area contributed by atoms with Crippen LogP contribution in [0.4, 0.5) is 11.4 Å². The molecule has 0 radical (unpaired) electrons. The van der Waals surface area contributed by atoms with E-state index in [4.69, 9.17) is 4.74 Å². The van der Waals surface area contributed by atoms with E-state index in [1.54, 1.807) is 30.3 Å². The molecule has 1 aliphatic rings. The fourth-order valence-corrected chi connectivity index (χ4v) is 3.78. The maximum Gasteiger partial charge on any atom is 0.335 e. The van der Waals surface area contributed by atoms with Crippen LogP contribution in [0.2, 0.25) is 0 Å². The van der Waals surface area contributed by atoms with Crippen molar-refractivity contribution in [2.45, 2.75) is 25.8 Å². The molecule has 8 nitrogen and oxygen atoms in total. The molecule has 0 unspecified atom stereocenters. The molecule has 160 valence electrons. The summed E-state index contributed by atoms with van der Waals surface area (Å²) in [7, 11) is 0. The molecule has 1 fully saturated rings. The Morgan fingerprint density at radius 1 is 1.06 bits per heavy atom. The second-order valence-electron chi connectivity index (χ2n) is 7.50. The number of carbonyl (C=O) groups is 3. The van der Waals surface area contributed by atoms with Gasteiger partial charge in [0.25, 0.3) is 5.91 Å². The van der Waals surface area contributed by atoms with Crippen molar-refractivity contribution in [1.82, 2.24) is 4.57 Å². The third kappa shape index (κ3) is 4.29. The van der Waals surface area contributed by atoms with Crippen molar-refractivity contribution >= 4 is 40.1 Å². The van der Waals surface area contributed by atoms with Gasteiger partial charge in [0, 0.05) is 37.8 Å². The highest BCUT2D eigenvalue weighted by Crippen LogP contribution is 2.28. The van der Waals surface area contributed by atoms with Crippen LogP contribution >= 0.6 is 0 Å². The maximum atomic E-state index is 13.2. The second kappa shape index (κ2) is 8.61. The first kappa shape index (κ1) is 20.6. The largest absolute Gasteiger partial charge is 0.478 e. The fourth-order valence-electron chi connectivity index (χ4n) is 3.78. The molecule has 0 saturated carbocycles. The number of aromatic carboxylic acids is 1. The molecule has 2 aromatic carbocycles. The number of fused-ring (bicyclic) bond motifs is 1. The van der Waals surface area contributed by atoms with E-state index < -0.39 is 11.9 Å². The van der Waals surface area contributed by atoms with Gasteiger partial charge in [0.15, 0.2) is 0 Å². The zero-order valence-corrected chi connectivity index (χ0v) is 17.1. The summed E-state index contributed by atoms with van der Waals surface area (Å²) in [5, 5.41) is 16.3. The molecule has 0 aliphatic carbocycles. The molecule has 1 saturated heterocycles. The number of carboxylic acid groups (broad SMARTS) is 1. The third-order valence-corrected chi connectivity index (χ3v) is 5.39. The predicted octanol–water partition coefficient (Wildman–Crippen LogP) is 3.84. The summed E-state index contributed by atoms with van der Waals surface area (Å²) in [6, 6.07) is 11.9. The molecule has 0 atom stereocenters. The van der Waals surface area contributed by atoms with E-state index in [9.17, 15) is 19.5 Å². The average molecular weight is 421 g/mol. The number of anilines is 2. The Kier molecular flexibility index (Phi) is 5.73. The normalized spacial score (nSPS) is 14.4. The van der Waals surface area contributed by atoms with E-state index in [1.165, 1.54) is 29.8 Å². The molecule has 31 heavy (non-hydrogen) atoms. The Morgan fingerprint density at radius 3 is 2.52 bits per heavy atom. The van der Waals surface area contributed by atoms with Crippen LogP contribution in [0, 0.1) is 0 Å². The van der Waals surface area contributed by atoms with E-state index in [2.05, 4.69) is 10.6 Å². The molecule has 1 aliphatic heterocycles. The van der Waals surface area contributed by atoms with Crippen LogP contribution in [0.5, 0.6) is 0 Å². The first-order valence-electron chi connectivity index (χ1n) is 10.1. The van der Waals surface area contributed by atoms with Gasteiger partial charge >= 0.3 is 5.97 Å². The van der Waals surface area contributed by atoms with E-state index >= 15 is 0 Å². The van der Waals surface area contributed by atoms with Gasteiger partial charge in [-0.15, -0.1) is 0 Å². The Hall–Kier alpha value is -3.65. The lowest BCUT2D eigenvalue weighted by molar-refractivity contribution is 0.0696. The van der Waals surface area contributed by atoms with Crippen molar-refractivity contribution in [3.8, 4) is 0 Å². The summed E-state index contributed by atoms with van der Waals surface area (Å²) in [6.45, 7) is 2.73. The van der Waals surface area contributed by atoms with Gasteiger partial charge in [-0.1, -0.05) is 18.2 Å². The number of hydrogen-bond acceptors (Lipinski definition) is 5. The van der Waals surface area contributed by atoms with Crippen LogP contribution in [0.1, 0.15) is 45.3 Å². The number of nitrogens with zero attached hydrogens (tertiary/aromatic N) is 1. The minimum Gasteiger partial charge on any atom is -0.478 e. The molecule has 3 aromatic rings. The molecular formula is C23H23N3O5. The topological polar surface area (TPSA) is 110 Å². The number of carboxylic acids is 1. The van der Waals surface area contributed by atoms with Crippen molar-refractivity contribution < 1.29 is 24.2 Å². The van der Waals surface area contributed by atoms with Crippen LogP contribution in [-0.2, 0) is 4.74 Å². The molecule has 1 aromatic heterocycles. The minimum absolute atomic E-state index is 0.0685. The van der Waals surface area contributed by atoms with Crippen LogP contribution in [-0.4, -0.2) is 46.7 Å². The van der Waals surface area contributed by atoms with E-state index in [-0.39, 0.29) is 17.5 Å². The second-order valence-corrected chi connectivity index (χ2v) is 7.50. The van der Waals surface area contributed by atoms with Gasteiger partial charge in [-0.3, -0.25) is 14.2 Å². The molecule has 8 heteroatoms. The van der Waals surface area contributed by atoms with Crippen LogP contribution in [0.25, 0.3) is 10.9 Å². The van der Waals surface area contributed by atoms with Gasteiger partial charge in [0.05, 0.1) is 28.0 Å². The summed E-state index contributed by atoms with van der Waals surface area (Å²) < 4.78 is 6.82. The van der Waals surface area contributed by atoms with Gasteiger partial charge in [0.2, 0.25) is 5.91 Å². The average Bonchev–Trinajstić information content (AvgIpc) is 3.16. The lowest BCUT2D eigenvalue weighted by atomic mass is 10.1. The molecule has 0 spiro atoms. The lowest BCUT2D eigenvalue weighted by Gasteiger charge is -2.25. The van der Waals surface area contributed by atoms with E-state index in [0.29, 0.717) is 41.1 Å². The number of carbonyl (C=O) groups excluding carboxylic acids is 2.